The highest BCUT2D eigenvalue weighted by Gasteiger charge is 2.56. The van der Waals surface area contributed by atoms with Gasteiger partial charge in [0.15, 0.2) is 0 Å². The van der Waals surface area contributed by atoms with Crippen LogP contribution in [0.3, 0.4) is 0 Å². The highest BCUT2D eigenvalue weighted by Crippen LogP contribution is 2.64. The fourth-order valence-electron chi connectivity index (χ4n) is 6.48. The van der Waals surface area contributed by atoms with Crippen molar-refractivity contribution in [2.75, 3.05) is 0 Å². The quantitative estimate of drug-likeness (QED) is 0.668. The maximum absolute atomic E-state index is 10.4. The van der Waals surface area contributed by atoms with E-state index in [4.69, 9.17) is 0 Å². The van der Waals surface area contributed by atoms with Gasteiger partial charge in [-0.05, 0) is 74.5 Å². The van der Waals surface area contributed by atoms with Crippen LogP contribution in [0.25, 0.3) is 0 Å². The van der Waals surface area contributed by atoms with Crippen LogP contribution in [0.4, 0.5) is 0 Å². The molecular weight excluding hydrogens is 260 g/mol. The fourth-order valence-corrected chi connectivity index (χ4v) is 6.48. The van der Waals surface area contributed by atoms with Crippen LogP contribution in [0.1, 0.15) is 65.2 Å². The minimum absolute atomic E-state index is 0.0672. The first kappa shape index (κ1) is 14.3. The summed E-state index contributed by atoms with van der Waals surface area (Å²) in [5, 5.41) is 20.5. The number of aliphatic hydroxyl groups excluding tert-OH is 2. The lowest BCUT2D eigenvalue weighted by Crippen LogP contribution is -2.49. The Morgan fingerprint density at radius 3 is 2.67 bits per heavy atom. The Labute approximate surface area is 128 Å². The van der Waals surface area contributed by atoms with Gasteiger partial charge in [-0.25, -0.2) is 0 Å². The first-order chi connectivity index (χ1) is 9.95. The van der Waals surface area contributed by atoms with Crippen LogP contribution < -0.4 is 0 Å². The monoisotopic (exact) mass is 290 g/mol. The molecule has 0 unspecified atom stereocenters. The Morgan fingerprint density at radius 1 is 1.05 bits per heavy atom. The van der Waals surface area contributed by atoms with Crippen LogP contribution >= 0.6 is 0 Å². The predicted molar refractivity (Wildman–Crippen MR) is 83.7 cm³/mol. The van der Waals surface area contributed by atoms with E-state index in [9.17, 15) is 10.2 Å². The number of fused-ring (bicyclic) bond motifs is 5. The molecule has 3 fully saturated rings. The zero-order valence-electron chi connectivity index (χ0n) is 13.5. The molecule has 118 valence electrons. The smallest absolute Gasteiger partial charge is 0.0599 e. The van der Waals surface area contributed by atoms with Crippen LogP contribution in [0, 0.1) is 28.6 Å². The summed E-state index contributed by atoms with van der Waals surface area (Å²) in [5.41, 5.74) is 2.17. The van der Waals surface area contributed by atoms with E-state index in [2.05, 4.69) is 19.9 Å². The lowest BCUT2D eigenvalue weighted by Gasteiger charge is -2.56. The molecule has 0 radical (unpaired) electrons. The molecular formula is C19H30O2. The standard InChI is InChI=1S/C19H30O2/c1-18-9-7-13(20)11-12(18)3-4-14-15-5-6-17(21)19(15,2)10-8-16(14)18/h8,12-15,17,20-21H,3-7,9-11H2,1-2H3/t12-,13-,14+,15+,17+,18+,19+/m1/s1. The topological polar surface area (TPSA) is 40.5 Å². The molecule has 0 saturated heterocycles. The molecule has 0 spiro atoms. The van der Waals surface area contributed by atoms with Crippen molar-refractivity contribution in [3.8, 4) is 0 Å². The minimum Gasteiger partial charge on any atom is -0.393 e. The molecule has 4 rings (SSSR count). The van der Waals surface area contributed by atoms with E-state index in [1.54, 1.807) is 5.57 Å². The molecule has 2 N–H and O–H groups in total. The van der Waals surface area contributed by atoms with Crippen LogP contribution in [-0.2, 0) is 0 Å². The Kier molecular flexibility index (Phi) is 3.11. The summed E-state index contributed by atoms with van der Waals surface area (Å²) in [7, 11) is 0. The summed E-state index contributed by atoms with van der Waals surface area (Å²) < 4.78 is 0. The van der Waals surface area contributed by atoms with Gasteiger partial charge in [0.05, 0.1) is 12.2 Å². The Morgan fingerprint density at radius 2 is 1.86 bits per heavy atom. The summed E-state index contributed by atoms with van der Waals surface area (Å²) in [5.74, 6) is 2.08. The van der Waals surface area contributed by atoms with Gasteiger partial charge < -0.3 is 10.2 Å². The molecule has 4 aliphatic carbocycles. The molecule has 0 bridgehead atoms. The normalized spacial score (nSPS) is 56.2. The fraction of sp³-hybridized carbons (Fsp3) is 0.895. The van der Waals surface area contributed by atoms with Crippen molar-refractivity contribution < 1.29 is 10.2 Å². The molecule has 3 saturated carbocycles. The second-order valence-corrected chi connectivity index (χ2v) is 8.80. The summed E-state index contributed by atoms with van der Waals surface area (Å²) in [6, 6.07) is 0. The SMILES string of the molecule is C[C@]12CC=C3[C@@H](CC[C@@H]4C[C@H](O)CC[C@]34C)[C@@H]1CC[C@@H]2O. The van der Waals surface area contributed by atoms with E-state index in [1.165, 1.54) is 19.3 Å². The Hall–Kier alpha value is -0.340. The average Bonchev–Trinajstić information content (AvgIpc) is 2.76. The third kappa shape index (κ3) is 1.84. The molecule has 21 heavy (non-hydrogen) atoms. The largest absolute Gasteiger partial charge is 0.393 e. The third-order valence-electron chi connectivity index (χ3n) is 7.95. The minimum atomic E-state index is -0.0981. The maximum atomic E-state index is 10.4. The number of aliphatic hydroxyl groups is 2. The van der Waals surface area contributed by atoms with E-state index in [0.29, 0.717) is 23.2 Å². The lowest BCUT2D eigenvalue weighted by atomic mass is 9.49. The number of allylic oxidation sites excluding steroid dienone is 2. The van der Waals surface area contributed by atoms with Gasteiger partial charge in [-0.3, -0.25) is 0 Å². The second-order valence-electron chi connectivity index (χ2n) is 8.80. The summed E-state index contributed by atoms with van der Waals surface area (Å²) in [6.07, 6.45) is 11.3. The van der Waals surface area contributed by atoms with Gasteiger partial charge >= 0.3 is 0 Å². The second kappa shape index (κ2) is 4.58. The van der Waals surface area contributed by atoms with E-state index in [-0.39, 0.29) is 17.6 Å². The maximum Gasteiger partial charge on any atom is 0.0599 e. The molecule has 2 heteroatoms. The number of rotatable bonds is 0. The van der Waals surface area contributed by atoms with Crippen molar-refractivity contribution in [1.29, 1.82) is 0 Å². The van der Waals surface area contributed by atoms with Gasteiger partial charge in [0.1, 0.15) is 0 Å². The van der Waals surface area contributed by atoms with Gasteiger partial charge in [0.25, 0.3) is 0 Å². The molecule has 2 nitrogen and oxygen atoms in total. The first-order valence-electron chi connectivity index (χ1n) is 9.02. The number of hydrogen-bond donors (Lipinski definition) is 2. The summed E-state index contributed by atoms with van der Waals surface area (Å²) in [6.45, 7) is 4.79. The number of hydrogen-bond acceptors (Lipinski definition) is 2. The van der Waals surface area contributed by atoms with Crippen molar-refractivity contribution in [2.24, 2.45) is 28.6 Å². The Balaban J connectivity index is 1.69. The van der Waals surface area contributed by atoms with Crippen molar-refractivity contribution in [1.82, 2.24) is 0 Å². The van der Waals surface area contributed by atoms with Crippen LogP contribution in [-0.4, -0.2) is 22.4 Å². The zero-order chi connectivity index (χ0) is 14.8. The van der Waals surface area contributed by atoms with Crippen LogP contribution in [0.5, 0.6) is 0 Å². The van der Waals surface area contributed by atoms with Gasteiger partial charge in [0.2, 0.25) is 0 Å². The zero-order valence-corrected chi connectivity index (χ0v) is 13.5. The average molecular weight is 290 g/mol. The van der Waals surface area contributed by atoms with Gasteiger partial charge in [-0.15, -0.1) is 0 Å². The molecule has 4 aliphatic rings. The lowest BCUT2D eigenvalue weighted by molar-refractivity contribution is -0.0262. The van der Waals surface area contributed by atoms with Crippen LogP contribution in [0.2, 0.25) is 0 Å². The molecule has 0 aromatic heterocycles. The highest BCUT2D eigenvalue weighted by molar-refractivity contribution is 5.29. The van der Waals surface area contributed by atoms with E-state index >= 15 is 0 Å². The summed E-state index contributed by atoms with van der Waals surface area (Å²) in [4.78, 5) is 0. The van der Waals surface area contributed by atoms with E-state index in [1.807, 2.05) is 0 Å². The van der Waals surface area contributed by atoms with Gasteiger partial charge in [0, 0.05) is 5.41 Å². The van der Waals surface area contributed by atoms with Crippen LogP contribution in [0.15, 0.2) is 11.6 Å². The molecule has 0 amide bonds. The predicted octanol–water partition coefficient (Wildman–Crippen LogP) is 3.67. The van der Waals surface area contributed by atoms with Crippen molar-refractivity contribution in [3.63, 3.8) is 0 Å². The van der Waals surface area contributed by atoms with Gasteiger partial charge in [-0.2, -0.15) is 0 Å². The highest BCUT2D eigenvalue weighted by atomic mass is 16.3. The molecule has 7 atom stereocenters. The van der Waals surface area contributed by atoms with Gasteiger partial charge in [-0.1, -0.05) is 25.5 Å². The molecule has 0 aromatic carbocycles. The van der Waals surface area contributed by atoms with E-state index < -0.39 is 0 Å². The van der Waals surface area contributed by atoms with Crippen molar-refractivity contribution in [3.05, 3.63) is 11.6 Å². The van der Waals surface area contributed by atoms with Crippen molar-refractivity contribution in [2.45, 2.75) is 77.4 Å². The third-order valence-corrected chi connectivity index (χ3v) is 7.95. The molecule has 0 aliphatic heterocycles. The van der Waals surface area contributed by atoms with E-state index in [0.717, 1.165) is 32.1 Å². The molecule has 0 heterocycles. The van der Waals surface area contributed by atoms with Crippen molar-refractivity contribution >= 4 is 0 Å². The molecule has 0 aromatic rings. The Bertz CT molecular complexity index is 470. The summed E-state index contributed by atoms with van der Waals surface area (Å²) >= 11 is 0. The first-order valence-corrected chi connectivity index (χ1v) is 9.02.